The van der Waals surface area contributed by atoms with Gasteiger partial charge < -0.3 is 10.1 Å². The van der Waals surface area contributed by atoms with Gasteiger partial charge in [-0.25, -0.2) is 0 Å². The van der Waals surface area contributed by atoms with Crippen LogP contribution in [0.25, 0.3) is 0 Å². The first kappa shape index (κ1) is 15.0. The summed E-state index contributed by atoms with van der Waals surface area (Å²) < 4.78 is 5.18. The number of hydrogen-bond acceptors (Lipinski definition) is 2. The van der Waals surface area contributed by atoms with Gasteiger partial charge in [-0.05, 0) is 37.0 Å². The third-order valence-electron chi connectivity index (χ3n) is 2.39. The van der Waals surface area contributed by atoms with Crippen molar-refractivity contribution >= 4 is 23.2 Å². The Labute approximate surface area is 113 Å². The number of carbonyl (C=O) groups is 1. The van der Waals surface area contributed by atoms with Crippen LogP contribution in [-0.4, -0.2) is 25.0 Å². The molecule has 1 amide bonds. The van der Waals surface area contributed by atoms with Crippen LogP contribution in [0.2, 0.25) is 0 Å². The molecule has 0 heterocycles. The Morgan fingerprint density at radius 2 is 2.28 bits per heavy atom. The van der Waals surface area contributed by atoms with Crippen LogP contribution in [0.15, 0.2) is 24.3 Å². The Bertz CT molecular complexity index is 369. The van der Waals surface area contributed by atoms with Crippen molar-refractivity contribution in [2.45, 2.75) is 26.2 Å². The molecule has 0 atom stereocenters. The van der Waals surface area contributed by atoms with Crippen LogP contribution in [0.3, 0.4) is 0 Å². The fourth-order valence-corrected chi connectivity index (χ4v) is 1.72. The van der Waals surface area contributed by atoms with E-state index in [1.807, 2.05) is 31.2 Å². The average molecular weight is 270 g/mol. The maximum Gasteiger partial charge on any atom is 0.250 e. The molecule has 0 aliphatic rings. The largest absolute Gasteiger partial charge is 0.372 e. The number of halogens is 1. The van der Waals surface area contributed by atoms with Crippen LogP contribution in [0, 0.1) is 0 Å². The highest BCUT2D eigenvalue weighted by Crippen LogP contribution is 2.12. The van der Waals surface area contributed by atoms with Gasteiger partial charge in [0.25, 0.3) is 0 Å². The van der Waals surface area contributed by atoms with E-state index in [-0.39, 0.29) is 12.5 Å². The van der Waals surface area contributed by atoms with Gasteiger partial charge >= 0.3 is 0 Å². The van der Waals surface area contributed by atoms with Crippen LogP contribution in [-0.2, 0) is 16.0 Å². The summed E-state index contributed by atoms with van der Waals surface area (Å²) in [5.74, 6) is 0.541. The SMILES string of the molecule is CCCOCC(=O)Nc1cccc(CCCCl)c1. The third-order valence-corrected chi connectivity index (χ3v) is 2.66. The van der Waals surface area contributed by atoms with Crippen molar-refractivity contribution in [2.24, 2.45) is 0 Å². The number of nitrogens with one attached hydrogen (secondary N) is 1. The van der Waals surface area contributed by atoms with E-state index in [1.165, 1.54) is 5.56 Å². The first-order valence-corrected chi connectivity index (χ1v) is 6.82. The molecule has 0 bridgehead atoms. The lowest BCUT2D eigenvalue weighted by Crippen LogP contribution is -2.18. The summed E-state index contributed by atoms with van der Waals surface area (Å²) >= 11 is 5.66. The molecular formula is C14H20ClNO2. The standard InChI is InChI=1S/C14H20ClNO2/c1-2-9-18-11-14(17)16-13-7-3-5-12(10-13)6-4-8-15/h3,5,7,10H,2,4,6,8-9,11H2,1H3,(H,16,17). The van der Waals surface area contributed by atoms with E-state index in [2.05, 4.69) is 5.32 Å². The monoisotopic (exact) mass is 269 g/mol. The summed E-state index contributed by atoms with van der Waals surface area (Å²) in [6, 6.07) is 7.83. The van der Waals surface area contributed by atoms with Crippen LogP contribution < -0.4 is 5.32 Å². The predicted octanol–water partition coefficient (Wildman–Crippen LogP) is 3.22. The van der Waals surface area contributed by atoms with E-state index < -0.39 is 0 Å². The Balaban J connectivity index is 2.43. The van der Waals surface area contributed by atoms with Crippen molar-refractivity contribution in [1.29, 1.82) is 0 Å². The summed E-state index contributed by atoms with van der Waals surface area (Å²) in [7, 11) is 0. The second-order valence-electron chi connectivity index (χ2n) is 4.09. The zero-order chi connectivity index (χ0) is 13.2. The fraction of sp³-hybridized carbons (Fsp3) is 0.500. The lowest BCUT2D eigenvalue weighted by molar-refractivity contribution is -0.120. The maximum atomic E-state index is 11.6. The van der Waals surface area contributed by atoms with Crippen molar-refractivity contribution in [3.05, 3.63) is 29.8 Å². The highest BCUT2D eigenvalue weighted by atomic mass is 35.5. The molecule has 0 aliphatic heterocycles. The molecule has 1 aromatic carbocycles. The number of hydrogen-bond donors (Lipinski definition) is 1. The number of aryl methyl sites for hydroxylation is 1. The molecule has 4 heteroatoms. The van der Waals surface area contributed by atoms with Crippen molar-refractivity contribution in [1.82, 2.24) is 0 Å². The Kier molecular flexibility index (Phi) is 7.46. The van der Waals surface area contributed by atoms with Gasteiger partial charge in [0.2, 0.25) is 5.91 Å². The first-order valence-electron chi connectivity index (χ1n) is 6.28. The van der Waals surface area contributed by atoms with E-state index in [0.29, 0.717) is 12.5 Å². The van der Waals surface area contributed by atoms with Crippen LogP contribution in [0.4, 0.5) is 5.69 Å². The molecule has 0 radical (unpaired) electrons. The van der Waals surface area contributed by atoms with E-state index >= 15 is 0 Å². The summed E-state index contributed by atoms with van der Waals surface area (Å²) in [5.41, 5.74) is 2.00. The van der Waals surface area contributed by atoms with Gasteiger partial charge in [-0.1, -0.05) is 19.1 Å². The number of rotatable bonds is 8. The third kappa shape index (κ3) is 6.03. The minimum atomic E-state index is -0.113. The van der Waals surface area contributed by atoms with Crippen LogP contribution in [0.1, 0.15) is 25.3 Å². The number of anilines is 1. The number of benzene rings is 1. The quantitative estimate of drug-likeness (QED) is 0.581. The summed E-state index contributed by atoms with van der Waals surface area (Å²) in [6.45, 7) is 2.74. The van der Waals surface area contributed by atoms with E-state index in [1.54, 1.807) is 0 Å². The number of carbonyl (C=O) groups excluding carboxylic acids is 1. The summed E-state index contributed by atoms with van der Waals surface area (Å²) in [6.07, 6.45) is 2.79. The highest BCUT2D eigenvalue weighted by Gasteiger charge is 2.02. The lowest BCUT2D eigenvalue weighted by atomic mass is 10.1. The molecule has 18 heavy (non-hydrogen) atoms. The Morgan fingerprint density at radius 1 is 1.44 bits per heavy atom. The van der Waals surface area contributed by atoms with Gasteiger partial charge in [-0.2, -0.15) is 0 Å². The molecule has 0 unspecified atom stereocenters. The minimum absolute atomic E-state index is 0.111. The molecule has 0 aliphatic carbocycles. The van der Waals surface area contributed by atoms with E-state index in [4.69, 9.17) is 16.3 Å². The van der Waals surface area contributed by atoms with Crippen LogP contribution >= 0.6 is 11.6 Å². The number of ether oxygens (including phenoxy) is 1. The van der Waals surface area contributed by atoms with Crippen molar-refractivity contribution in [3.63, 3.8) is 0 Å². The van der Waals surface area contributed by atoms with Crippen molar-refractivity contribution in [3.8, 4) is 0 Å². The predicted molar refractivity (Wildman–Crippen MR) is 75.2 cm³/mol. The second kappa shape index (κ2) is 8.95. The zero-order valence-electron chi connectivity index (χ0n) is 10.7. The molecular weight excluding hydrogens is 250 g/mol. The average Bonchev–Trinajstić information content (AvgIpc) is 2.37. The van der Waals surface area contributed by atoms with Gasteiger partial charge in [0.1, 0.15) is 6.61 Å². The molecule has 0 saturated heterocycles. The van der Waals surface area contributed by atoms with Gasteiger partial charge in [0.15, 0.2) is 0 Å². The van der Waals surface area contributed by atoms with Gasteiger partial charge in [0, 0.05) is 18.2 Å². The lowest BCUT2D eigenvalue weighted by Gasteiger charge is -2.07. The molecule has 0 spiro atoms. The van der Waals surface area contributed by atoms with E-state index in [0.717, 1.165) is 24.9 Å². The molecule has 3 nitrogen and oxygen atoms in total. The topological polar surface area (TPSA) is 38.3 Å². The second-order valence-corrected chi connectivity index (χ2v) is 4.47. The molecule has 100 valence electrons. The minimum Gasteiger partial charge on any atom is -0.372 e. The summed E-state index contributed by atoms with van der Waals surface area (Å²) in [4.78, 5) is 11.6. The van der Waals surface area contributed by atoms with Crippen LogP contribution in [0.5, 0.6) is 0 Å². The highest BCUT2D eigenvalue weighted by molar-refractivity contribution is 6.17. The van der Waals surface area contributed by atoms with E-state index in [9.17, 15) is 4.79 Å². The van der Waals surface area contributed by atoms with Gasteiger partial charge in [-0.3, -0.25) is 4.79 Å². The Morgan fingerprint density at radius 3 is 3.00 bits per heavy atom. The number of amides is 1. The Hall–Kier alpha value is -1.06. The van der Waals surface area contributed by atoms with Gasteiger partial charge in [-0.15, -0.1) is 11.6 Å². The molecule has 0 aromatic heterocycles. The number of alkyl halides is 1. The van der Waals surface area contributed by atoms with Gasteiger partial charge in [0.05, 0.1) is 0 Å². The molecule has 1 aromatic rings. The molecule has 1 rings (SSSR count). The smallest absolute Gasteiger partial charge is 0.250 e. The van der Waals surface area contributed by atoms with Crippen molar-refractivity contribution < 1.29 is 9.53 Å². The maximum absolute atomic E-state index is 11.6. The fourth-order valence-electron chi connectivity index (χ4n) is 1.58. The first-order chi connectivity index (χ1) is 8.76. The molecule has 1 N–H and O–H groups in total. The zero-order valence-corrected chi connectivity index (χ0v) is 11.5. The summed E-state index contributed by atoms with van der Waals surface area (Å²) in [5, 5.41) is 2.82. The molecule has 0 fully saturated rings. The molecule has 0 saturated carbocycles. The normalized spacial score (nSPS) is 10.3. The van der Waals surface area contributed by atoms with Crippen molar-refractivity contribution in [2.75, 3.05) is 24.4 Å².